The summed E-state index contributed by atoms with van der Waals surface area (Å²) < 4.78 is 16.0. The molecule has 6 nitrogen and oxygen atoms in total. The lowest BCUT2D eigenvalue weighted by atomic mass is 9.92. The Labute approximate surface area is 148 Å². The number of hydrogen-bond acceptors (Lipinski definition) is 5. The largest absolute Gasteiger partial charge is 0.509 e. The molecule has 1 aromatic rings. The third kappa shape index (κ3) is 3.89. The number of carbonyl (C=O) groups is 2. The number of ether oxygens (including phenoxy) is 3. The van der Waals surface area contributed by atoms with Gasteiger partial charge in [-0.05, 0) is 24.0 Å². The van der Waals surface area contributed by atoms with Crippen molar-refractivity contribution in [3.63, 3.8) is 0 Å². The summed E-state index contributed by atoms with van der Waals surface area (Å²) in [5.41, 5.74) is 0.586. The van der Waals surface area contributed by atoms with Gasteiger partial charge in [0.15, 0.2) is 12.2 Å². The van der Waals surface area contributed by atoms with Crippen LogP contribution in [-0.2, 0) is 14.3 Å². The van der Waals surface area contributed by atoms with E-state index in [1.54, 1.807) is 4.90 Å². The topological polar surface area (TPSA) is 65.1 Å². The van der Waals surface area contributed by atoms with Crippen molar-refractivity contribution in [2.75, 3.05) is 26.3 Å². The van der Waals surface area contributed by atoms with Crippen LogP contribution < -0.4 is 4.74 Å². The van der Waals surface area contributed by atoms with Gasteiger partial charge in [0.05, 0.1) is 0 Å². The van der Waals surface area contributed by atoms with E-state index in [0.29, 0.717) is 31.8 Å². The molecule has 0 aliphatic carbocycles. The molecule has 0 aromatic heterocycles. The molecule has 0 saturated carbocycles. The first-order valence-corrected chi connectivity index (χ1v) is 8.88. The Kier molecular flexibility index (Phi) is 5.16. The fourth-order valence-electron chi connectivity index (χ4n) is 3.31. The van der Waals surface area contributed by atoms with E-state index in [2.05, 4.69) is 13.8 Å². The first kappa shape index (κ1) is 17.6. The molecule has 6 heteroatoms. The van der Waals surface area contributed by atoms with Crippen molar-refractivity contribution < 1.29 is 23.8 Å². The van der Waals surface area contributed by atoms with E-state index in [1.165, 1.54) is 0 Å². The van der Waals surface area contributed by atoms with E-state index >= 15 is 0 Å². The van der Waals surface area contributed by atoms with Gasteiger partial charge in [0.2, 0.25) is 0 Å². The fraction of sp³-hybridized carbons (Fsp3) is 0.579. The Bertz CT molecular complexity index is 636. The van der Waals surface area contributed by atoms with Crippen LogP contribution in [0.2, 0.25) is 0 Å². The lowest BCUT2D eigenvalue weighted by molar-refractivity contribution is -0.136. The SMILES string of the molecule is CCC(C)c1ccccc1OCC(=O)N1CCC2(CC1)COC(=O)O2. The van der Waals surface area contributed by atoms with E-state index in [0.717, 1.165) is 17.7 Å². The second-order valence-electron chi connectivity index (χ2n) is 6.84. The van der Waals surface area contributed by atoms with Crippen LogP contribution in [0.4, 0.5) is 4.79 Å². The van der Waals surface area contributed by atoms with Crippen molar-refractivity contribution in [1.82, 2.24) is 4.90 Å². The summed E-state index contributed by atoms with van der Waals surface area (Å²) in [6.45, 7) is 5.69. The number of cyclic esters (lactones) is 1. The quantitative estimate of drug-likeness (QED) is 0.766. The summed E-state index contributed by atoms with van der Waals surface area (Å²) in [5, 5.41) is 0. The molecule has 2 heterocycles. The molecule has 0 radical (unpaired) electrons. The van der Waals surface area contributed by atoms with Gasteiger partial charge in [0.25, 0.3) is 5.91 Å². The minimum Gasteiger partial charge on any atom is -0.483 e. The Morgan fingerprint density at radius 3 is 2.68 bits per heavy atom. The van der Waals surface area contributed by atoms with Crippen LogP contribution in [-0.4, -0.2) is 48.9 Å². The molecule has 2 aliphatic rings. The second-order valence-corrected chi connectivity index (χ2v) is 6.84. The maximum absolute atomic E-state index is 12.5. The summed E-state index contributed by atoms with van der Waals surface area (Å²) in [6, 6.07) is 7.87. The predicted molar refractivity (Wildman–Crippen MR) is 91.6 cm³/mol. The summed E-state index contributed by atoms with van der Waals surface area (Å²) in [7, 11) is 0. The van der Waals surface area contributed by atoms with Gasteiger partial charge in [-0.2, -0.15) is 0 Å². The van der Waals surface area contributed by atoms with E-state index in [1.807, 2.05) is 24.3 Å². The van der Waals surface area contributed by atoms with E-state index in [4.69, 9.17) is 14.2 Å². The molecule has 1 spiro atoms. The highest BCUT2D eigenvalue weighted by molar-refractivity contribution is 5.78. The van der Waals surface area contributed by atoms with Crippen molar-refractivity contribution in [2.24, 2.45) is 0 Å². The minimum atomic E-state index is -0.607. The predicted octanol–water partition coefficient (Wildman–Crippen LogP) is 3.11. The number of nitrogens with zero attached hydrogens (tertiary/aromatic N) is 1. The van der Waals surface area contributed by atoms with Gasteiger partial charge >= 0.3 is 6.16 Å². The number of hydrogen-bond donors (Lipinski definition) is 0. The van der Waals surface area contributed by atoms with E-state index < -0.39 is 11.8 Å². The van der Waals surface area contributed by atoms with Crippen LogP contribution in [0.1, 0.15) is 44.6 Å². The summed E-state index contributed by atoms with van der Waals surface area (Å²) in [6.07, 6.45) is 1.62. The van der Waals surface area contributed by atoms with Gasteiger partial charge in [0.1, 0.15) is 12.4 Å². The highest BCUT2D eigenvalue weighted by Gasteiger charge is 2.45. The maximum atomic E-state index is 12.5. The third-order valence-corrected chi connectivity index (χ3v) is 5.19. The molecule has 3 rings (SSSR count). The summed E-state index contributed by atoms with van der Waals surface area (Å²) >= 11 is 0. The molecule has 2 fully saturated rings. The standard InChI is InChI=1S/C19H25NO5/c1-3-14(2)15-6-4-5-7-16(15)23-12-17(21)20-10-8-19(9-11-20)13-24-18(22)25-19/h4-7,14H,3,8-13H2,1-2H3. The zero-order chi connectivity index (χ0) is 17.9. The molecule has 0 bridgehead atoms. The maximum Gasteiger partial charge on any atom is 0.509 e. The molecule has 136 valence electrons. The first-order chi connectivity index (χ1) is 12.0. The molecular formula is C19H25NO5. The van der Waals surface area contributed by atoms with E-state index in [9.17, 15) is 9.59 Å². The molecule has 1 amide bonds. The van der Waals surface area contributed by atoms with Gasteiger partial charge in [-0.15, -0.1) is 0 Å². The van der Waals surface area contributed by atoms with Crippen molar-refractivity contribution in [3.8, 4) is 5.75 Å². The fourth-order valence-corrected chi connectivity index (χ4v) is 3.31. The third-order valence-electron chi connectivity index (χ3n) is 5.19. The van der Waals surface area contributed by atoms with Gasteiger partial charge in [-0.25, -0.2) is 4.79 Å². The van der Waals surface area contributed by atoms with Crippen LogP contribution in [0.3, 0.4) is 0 Å². The molecule has 2 aliphatic heterocycles. The van der Waals surface area contributed by atoms with Gasteiger partial charge in [-0.1, -0.05) is 32.0 Å². The Hall–Kier alpha value is -2.24. The van der Waals surface area contributed by atoms with Crippen LogP contribution >= 0.6 is 0 Å². The average molecular weight is 347 g/mol. The van der Waals surface area contributed by atoms with Crippen molar-refractivity contribution in [2.45, 2.75) is 44.6 Å². The first-order valence-electron chi connectivity index (χ1n) is 8.88. The van der Waals surface area contributed by atoms with Crippen molar-refractivity contribution >= 4 is 12.1 Å². The molecular weight excluding hydrogens is 322 g/mol. The van der Waals surface area contributed by atoms with Crippen LogP contribution in [0.25, 0.3) is 0 Å². The smallest absolute Gasteiger partial charge is 0.483 e. The minimum absolute atomic E-state index is 0.0245. The monoisotopic (exact) mass is 347 g/mol. The van der Waals surface area contributed by atoms with Crippen molar-refractivity contribution in [3.05, 3.63) is 29.8 Å². The van der Waals surface area contributed by atoms with Crippen LogP contribution in [0, 0.1) is 0 Å². The normalized spacial score (nSPS) is 20.1. The molecule has 2 saturated heterocycles. The lowest BCUT2D eigenvalue weighted by Crippen LogP contribution is -2.49. The average Bonchev–Trinajstić information content (AvgIpc) is 3.00. The zero-order valence-electron chi connectivity index (χ0n) is 14.8. The Balaban J connectivity index is 1.53. The number of carbonyl (C=O) groups excluding carboxylic acids is 2. The van der Waals surface area contributed by atoms with Gasteiger partial charge in [0, 0.05) is 25.9 Å². The highest BCUT2D eigenvalue weighted by Crippen LogP contribution is 2.32. The number of likely N-dealkylation sites (tertiary alicyclic amines) is 1. The number of benzene rings is 1. The molecule has 1 aromatic carbocycles. The Morgan fingerprint density at radius 1 is 1.32 bits per heavy atom. The molecule has 0 N–H and O–H groups in total. The lowest BCUT2D eigenvalue weighted by Gasteiger charge is -2.36. The highest BCUT2D eigenvalue weighted by atomic mass is 16.8. The number of piperidine rings is 1. The van der Waals surface area contributed by atoms with Crippen LogP contribution in [0.5, 0.6) is 5.75 Å². The van der Waals surface area contributed by atoms with Crippen LogP contribution in [0.15, 0.2) is 24.3 Å². The molecule has 1 atom stereocenters. The van der Waals surface area contributed by atoms with Gasteiger partial charge in [-0.3, -0.25) is 4.79 Å². The summed E-state index contributed by atoms with van der Waals surface area (Å²) in [4.78, 5) is 25.4. The summed E-state index contributed by atoms with van der Waals surface area (Å²) in [5.74, 6) is 1.12. The van der Waals surface area contributed by atoms with E-state index in [-0.39, 0.29) is 19.1 Å². The van der Waals surface area contributed by atoms with Gasteiger partial charge < -0.3 is 19.1 Å². The number of para-hydroxylation sites is 1. The zero-order valence-corrected chi connectivity index (χ0v) is 14.8. The number of rotatable bonds is 5. The number of amides is 1. The molecule has 1 unspecified atom stereocenters. The Morgan fingerprint density at radius 2 is 2.04 bits per heavy atom. The second kappa shape index (κ2) is 7.33. The van der Waals surface area contributed by atoms with Crippen molar-refractivity contribution in [1.29, 1.82) is 0 Å². The molecule has 25 heavy (non-hydrogen) atoms.